The predicted molar refractivity (Wildman–Crippen MR) is 73.4 cm³/mol. The number of carbonyl (C=O) groups is 2. The SMILES string of the molecule is COC(=O)c1sc(NC(=O)C2CCCCC2)nc1C. The molecular formula is C13H18N2O3S. The highest BCUT2D eigenvalue weighted by molar-refractivity contribution is 7.17. The summed E-state index contributed by atoms with van der Waals surface area (Å²) in [6, 6.07) is 0. The first-order valence-electron chi connectivity index (χ1n) is 6.48. The van der Waals surface area contributed by atoms with E-state index < -0.39 is 5.97 Å². The van der Waals surface area contributed by atoms with Crippen molar-refractivity contribution < 1.29 is 14.3 Å². The number of aryl methyl sites for hydroxylation is 1. The fourth-order valence-electron chi connectivity index (χ4n) is 2.30. The van der Waals surface area contributed by atoms with Crippen LogP contribution in [0, 0.1) is 12.8 Å². The van der Waals surface area contributed by atoms with Crippen molar-refractivity contribution in [3.8, 4) is 0 Å². The summed E-state index contributed by atoms with van der Waals surface area (Å²) >= 11 is 1.17. The van der Waals surface area contributed by atoms with Gasteiger partial charge in [0.25, 0.3) is 0 Å². The van der Waals surface area contributed by atoms with E-state index in [2.05, 4.69) is 15.0 Å². The van der Waals surface area contributed by atoms with Gasteiger partial charge in [-0.2, -0.15) is 0 Å². The van der Waals surface area contributed by atoms with Crippen molar-refractivity contribution in [1.29, 1.82) is 0 Å². The molecule has 1 aliphatic carbocycles. The number of nitrogens with zero attached hydrogens (tertiary/aromatic N) is 1. The Morgan fingerprint density at radius 2 is 2.00 bits per heavy atom. The van der Waals surface area contributed by atoms with Crippen molar-refractivity contribution in [2.45, 2.75) is 39.0 Å². The maximum atomic E-state index is 12.1. The van der Waals surface area contributed by atoms with Gasteiger partial charge in [-0.25, -0.2) is 9.78 Å². The van der Waals surface area contributed by atoms with Crippen LogP contribution in [-0.2, 0) is 9.53 Å². The monoisotopic (exact) mass is 282 g/mol. The summed E-state index contributed by atoms with van der Waals surface area (Å²) in [4.78, 5) is 28.2. The number of esters is 1. The minimum absolute atomic E-state index is 0.0184. The molecule has 0 spiro atoms. The van der Waals surface area contributed by atoms with Crippen LogP contribution in [0.4, 0.5) is 5.13 Å². The molecule has 6 heteroatoms. The third-order valence-electron chi connectivity index (χ3n) is 3.37. The minimum Gasteiger partial charge on any atom is -0.465 e. The maximum Gasteiger partial charge on any atom is 0.350 e. The van der Waals surface area contributed by atoms with Crippen molar-refractivity contribution in [2.75, 3.05) is 12.4 Å². The maximum absolute atomic E-state index is 12.1. The first-order valence-corrected chi connectivity index (χ1v) is 7.30. The molecule has 104 valence electrons. The number of hydrogen-bond donors (Lipinski definition) is 1. The summed E-state index contributed by atoms with van der Waals surface area (Å²) in [6.07, 6.45) is 5.33. The van der Waals surface area contributed by atoms with Crippen LogP contribution in [-0.4, -0.2) is 24.0 Å². The van der Waals surface area contributed by atoms with Crippen LogP contribution in [0.15, 0.2) is 0 Å². The smallest absolute Gasteiger partial charge is 0.350 e. The Morgan fingerprint density at radius 1 is 1.32 bits per heavy atom. The van der Waals surface area contributed by atoms with Gasteiger partial charge in [-0.05, 0) is 19.8 Å². The fourth-order valence-corrected chi connectivity index (χ4v) is 3.19. The number of amides is 1. The standard InChI is InChI=1S/C13H18N2O3S/c1-8-10(12(17)18-2)19-13(14-8)15-11(16)9-6-4-3-5-7-9/h9H,3-7H2,1-2H3,(H,14,15,16). The van der Waals surface area contributed by atoms with Crippen LogP contribution in [0.25, 0.3) is 0 Å². The lowest BCUT2D eigenvalue weighted by Crippen LogP contribution is -2.24. The number of hydrogen-bond acceptors (Lipinski definition) is 5. The van der Waals surface area contributed by atoms with E-state index >= 15 is 0 Å². The topological polar surface area (TPSA) is 68.3 Å². The van der Waals surface area contributed by atoms with Gasteiger partial charge >= 0.3 is 5.97 Å². The highest BCUT2D eigenvalue weighted by Crippen LogP contribution is 2.27. The molecule has 1 amide bonds. The van der Waals surface area contributed by atoms with Crippen molar-refractivity contribution in [3.05, 3.63) is 10.6 Å². The van der Waals surface area contributed by atoms with Crippen molar-refractivity contribution in [1.82, 2.24) is 4.98 Å². The van der Waals surface area contributed by atoms with E-state index in [0.29, 0.717) is 15.7 Å². The molecule has 2 rings (SSSR count). The number of carbonyl (C=O) groups excluding carboxylic acids is 2. The largest absolute Gasteiger partial charge is 0.465 e. The van der Waals surface area contributed by atoms with Gasteiger partial charge in [0.1, 0.15) is 4.88 Å². The number of methoxy groups -OCH3 is 1. The van der Waals surface area contributed by atoms with Crippen LogP contribution < -0.4 is 5.32 Å². The lowest BCUT2D eigenvalue weighted by molar-refractivity contribution is -0.120. The van der Waals surface area contributed by atoms with Crippen molar-refractivity contribution in [2.24, 2.45) is 5.92 Å². The Kier molecular flexibility index (Phi) is 4.52. The lowest BCUT2D eigenvalue weighted by atomic mass is 9.89. The Labute approximate surface area is 116 Å². The third kappa shape index (κ3) is 3.32. The molecular weight excluding hydrogens is 264 g/mol. The fraction of sp³-hybridized carbons (Fsp3) is 0.615. The summed E-state index contributed by atoms with van der Waals surface area (Å²) in [6.45, 7) is 1.74. The molecule has 0 unspecified atom stereocenters. The highest BCUT2D eigenvalue weighted by Gasteiger charge is 2.23. The van der Waals surface area contributed by atoms with E-state index in [1.165, 1.54) is 24.9 Å². The predicted octanol–water partition coefficient (Wildman–Crippen LogP) is 2.76. The summed E-state index contributed by atoms with van der Waals surface area (Å²) in [7, 11) is 1.34. The van der Waals surface area contributed by atoms with Crippen molar-refractivity contribution in [3.63, 3.8) is 0 Å². The van der Waals surface area contributed by atoms with Crippen LogP contribution in [0.5, 0.6) is 0 Å². The van der Waals surface area contributed by atoms with E-state index in [9.17, 15) is 9.59 Å². The Hall–Kier alpha value is -1.43. The first-order chi connectivity index (χ1) is 9.11. The van der Waals surface area contributed by atoms with Gasteiger partial charge in [-0.15, -0.1) is 0 Å². The number of rotatable bonds is 3. The van der Waals surface area contributed by atoms with Gasteiger partial charge in [0, 0.05) is 5.92 Å². The van der Waals surface area contributed by atoms with Gasteiger partial charge in [0.05, 0.1) is 12.8 Å². The summed E-state index contributed by atoms with van der Waals surface area (Å²) in [5.41, 5.74) is 0.593. The highest BCUT2D eigenvalue weighted by atomic mass is 32.1. The van der Waals surface area contributed by atoms with E-state index in [-0.39, 0.29) is 11.8 Å². The number of nitrogens with one attached hydrogen (secondary N) is 1. The molecule has 1 fully saturated rings. The number of ether oxygens (including phenoxy) is 1. The molecule has 1 aliphatic rings. The summed E-state index contributed by atoms with van der Waals surface area (Å²) < 4.78 is 4.67. The zero-order chi connectivity index (χ0) is 13.8. The normalized spacial score (nSPS) is 16.1. The van der Waals surface area contributed by atoms with Crippen LogP contribution in [0.1, 0.15) is 47.5 Å². The molecule has 1 saturated carbocycles. The van der Waals surface area contributed by atoms with Crippen LogP contribution in [0.3, 0.4) is 0 Å². The van der Waals surface area contributed by atoms with Gasteiger partial charge in [0.15, 0.2) is 5.13 Å². The Bertz CT molecular complexity index is 478. The molecule has 0 aliphatic heterocycles. The van der Waals surface area contributed by atoms with E-state index in [1.54, 1.807) is 6.92 Å². The molecule has 5 nitrogen and oxygen atoms in total. The molecule has 0 atom stereocenters. The van der Waals surface area contributed by atoms with E-state index in [0.717, 1.165) is 25.7 Å². The number of thiazole rings is 1. The van der Waals surface area contributed by atoms with Gasteiger partial charge < -0.3 is 10.1 Å². The third-order valence-corrected chi connectivity index (χ3v) is 4.43. The molecule has 1 heterocycles. The van der Waals surface area contributed by atoms with Gasteiger partial charge in [0.2, 0.25) is 5.91 Å². The second kappa shape index (κ2) is 6.14. The van der Waals surface area contributed by atoms with Gasteiger partial charge in [-0.1, -0.05) is 30.6 Å². The molecule has 19 heavy (non-hydrogen) atoms. The number of aromatic nitrogens is 1. The zero-order valence-corrected chi connectivity index (χ0v) is 12.0. The second-order valence-electron chi connectivity index (χ2n) is 4.75. The van der Waals surface area contributed by atoms with Crippen LogP contribution in [0.2, 0.25) is 0 Å². The summed E-state index contributed by atoms with van der Waals surface area (Å²) in [5, 5.41) is 3.29. The average Bonchev–Trinajstić information content (AvgIpc) is 2.79. The average molecular weight is 282 g/mol. The quantitative estimate of drug-likeness (QED) is 0.866. The molecule has 0 bridgehead atoms. The lowest BCUT2D eigenvalue weighted by Gasteiger charge is -2.19. The molecule has 0 aromatic carbocycles. The van der Waals surface area contributed by atoms with Gasteiger partial charge in [-0.3, -0.25) is 4.79 Å². The molecule has 0 radical (unpaired) electrons. The zero-order valence-electron chi connectivity index (χ0n) is 11.2. The second-order valence-corrected chi connectivity index (χ2v) is 5.75. The van der Waals surface area contributed by atoms with Crippen LogP contribution >= 0.6 is 11.3 Å². The molecule has 1 N–H and O–H groups in total. The minimum atomic E-state index is -0.409. The molecule has 1 aromatic rings. The summed E-state index contributed by atoms with van der Waals surface area (Å²) in [5.74, 6) is -0.308. The Balaban J connectivity index is 2.02. The van der Waals surface area contributed by atoms with E-state index in [1.807, 2.05) is 0 Å². The number of anilines is 1. The first kappa shape index (κ1) is 14.0. The molecule has 1 aromatic heterocycles. The Morgan fingerprint density at radius 3 is 2.63 bits per heavy atom. The van der Waals surface area contributed by atoms with E-state index in [4.69, 9.17) is 0 Å². The van der Waals surface area contributed by atoms with Crippen molar-refractivity contribution >= 4 is 28.3 Å². The molecule has 0 saturated heterocycles.